The van der Waals surface area contributed by atoms with E-state index >= 15 is 0 Å². The minimum Gasteiger partial charge on any atom is -0.326 e. The molecule has 0 bridgehead atoms. The molecule has 2 unspecified atom stereocenters. The van der Waals surface area contributed by atoms with E-state index in [-0.39, 0.29) is 12.1 Å². The first kappa shape index (κ1) is 10.5. The first-order valence-corrected chi connectivity index (χ1v) is 5.87. The third kappa shape index (κ3) is 2.14. The van der Waals surface area contributed by atoms with Gasteiger partial charge in [-0.2, -0.15) is 0 Å². The Bertz CT molecular complexity index is 477. The van der Waals surface area contributed by atoms with E-state index in [9.17, 15) is 12.8 Å². The Balaban J connectivity index is 2.26. The zero-order chi connectivity index (χ0) is 11.1. The van der Waals surface area contributed by atoms with Crippen LogP contribution in [0.15, 0.2) is 23.4 Å². The van der Waals surface area contributed by atoms with Crippen molar-refractivity contribution >= 4 is 10.0 Å². The minimum atomic E-state index is -3.88. The van der Waals surface area contributed by atoms with Crippen molar-refractivity contribution in [1.82, 2.24) is 9.71 Å². The van der Waals surface area contributed by atoms with Crippen LogP contribution in [0.3, 0.4) is 0 Å². The van der Waals surface area contributed by atoms with Crippen molar-refractivity contribution in [2.24, 2.45) is 5.73 Å². The average molecular weight is 231 g/mol. The maximum absolute atomic E-state index is 13.1. The summed E-state index contributed by atoms with van der Waals surface area (Å²) < 4.78 is 38.6. The van der Waals surface area contributed by atoms with Crippen LogP contribution < -0.4 is 10.5 Å². The Morgan fingerprint density at radius 1 is 1.60 bits per heavy atom. The Kier molecular flexibility index (Phi) is 2.45. The number of hydrogen-bond donors (Lipinski definition) is 2. The number of halogens is 1. The van der Waals surface area contributed by atoms with Gasteiger partial charge in [0.2, 0.25) is 5.03 Å². The third-order valence-electron chi connectivity index (χ3n) is 2.13. The average Bonchev–Trinajstić information content (AvgIpc) is 2.81. The second-order valence-corrected chi connectivity index (χ2v) is 5.05. The highest BCUT2D eigenvalue weighted by Crippen LogP contribution is 2.21. The molecule has 1 aromatic heterocycles. The lowest BCUT2D eigenvalue weighted by Crippen LogP contribution is -2.31. The molecular weight excluding hydrogens is 221 g/mol. The zero-order valence-corrected chi connectivity index (χ0v) is 8.54. The minimum absolute atomic E-state index is 0.174. The lowest BCUT2D eigenvalue weighted by molar-refractivity contribution is 0.543. The van der Waals surface area contributed by atoms with E-state index in [0.717, 1.165) is 6.07 Å². The van der Waals surface area contributed by atoms with Gasteiger partial charge < -0.3 is 5.73 Å². The van der Waals surface area contributed by atoms with Crippen molar-refractivity contribution in [3.8, 4) is 0 Å². The second kappa shape index (κ2) is 3.51. The third-order valence-corrected chi connectivity index (χ3v) is 3.55. The number of nitrogens with zero attached hydrogens (tertiary/aromatic N) is 1. The van der Waals surface area contributed by atoms with Gasteiger partial charge in [-0.25, -0.2) is 22.5 Å². The fourth-order valence-electron chi connectivity index (χ4n) is 1.17. The summed E-state index contributed by atoms with van der Waals surface area (Å²) in [6.45, 7) is 0. The van der Waals surface area contributed by atoms with Gasteiger partial charge >= 0.3 is 0 Å². The van der Waals surface area contributed by atoms with E-state index in [1.165, 1.54) is 12.3 Å². The Labute approximate surface area is 86.6 Å². The number of pyridine rings is 1. The van der Waals surface area contributed by atoms with E-state index < -0.39 is 20.9 Å². The molecule has 0 amide bonds. The molecule has 0 aromatic carbocycles. The van der Waals surface area contributed by atoms with Crippen molar-refractivity contribution in [2.75, 3.05) is 0 Å². The highest BCUT2D eigenvalue weighted by molar-refractivity contribution is 7.89. The summed E-state index contributed by atoms with van der Waals surface area (Å²) in [4.78, 5) is 3.49. The lowest BCUT2D eigenvalue weighted by atomic mass is 10.5. The van der Waals surface area contributed by atoms with Crippen LogP contribution in [-0.4, -0.2) is 25.5 Å². The highest BCUT2D eigenvalue weighted by atomic mass is 32.2. The molecular formula is C8H10FN3O2S. The smallest absolute Gasteiger partial charge is 0.261 e. The van der Waals surface area contributed by atoms with E-state index in [1.54, 1.807) is 0 Å². The Morgan fingerprint density at radius 3 is 2.80 bits per heavy atom. The first-order chi connectivity index (χ1) is 7.00. The molecule has 1 saturated carbocycles. The molecule has 1 heterocycles. The van der Waals surface area contributed by atoms with Crippen molar-refractivity contribution in [3.63, 3.8) is 0 Å². The predicted octanol–water partition coefficient (Wildman–Crippen LogP) is -0.401. The second-order valence-electron chi connectivity index (χ2n) is 3.42. The molecule has 2 atom stereocenters. The van der Waals surface area contributed by atoms with E-state index in [1.807, 2.05) is 0 Å². The lowest BCUT2D eigenvalue weighted by Gasteiger charge is -2.04. The molecule has 1 fully saturated rings. The van der Waals surface area contributed by atoms with Gasteiger partial charge in [-0.1, -0.05) is 0 Å². The standard InChI is InChI=1S/C8H10FN3O2S/c9-5-2-1-3-11-8(5)15(13,14)12-7-4-6(7)10/h1-3,6-7,12H,4,10H2. The van der Waals surface area contributed by atoms with Gasteiger partial charge in [-0.3, -0.25) is 0 Å². The summed E-state index contributed by atoms with van der Waals surface area (Å²) in [5.74, 6) is -0.862. The van der Waals surface area contributed by atoms with Gasteiger partial charge in [0.15, 0.2) is 5.82 Å². The van der Waals surface area contributed by atoms with Crippen LogP contribution in [0, 0.1) is 5.82 Å². The van der Waals surface area contributed by atoms with Gasteiger partial charge in [0.05, 0.1) is 0 Å². The fraction of sp³-hybridized carbons (Fsp3) is 0.375. The van der Waals surface area contributed by atoms with Crippen LogP contribution in [0.5, 0.6) is 0 Å². The summed E-state index contributed by atoms with van der Waals surface area (Å²) in [6, 6.07) is 1.91. The summed E-state index contributed by atoms with van der Waals surface area (Å²) >= 11 is 0. The number of rotatable bonds is 3. The van der Waals surface area contributed by atoms with Crippen molar-refractivity contribution in [3.05, 3.63) is 24.1 Å². The van der Waals surface area contributed by atoms with Gasteiger partial charge in [0.25, 0.3) is 10.0 Å². The van der Waals surface area contributed by atoms with E-state index in [2.05, 4.69) is 9.71 Å². The molecule has 2 rings (SSSR count). The van der Waals surface area contributed by atoms with Crippen LogP contribution in [0.2, 0.25) is 0 Å². The molecule has 0 spiro atoms. The molecule has 7 heteroatoms. The summed E-state index contributed by atoms with van der Waals surface area (Å²) in [5.41, 5.74) is 5.45. The normalized spacial score (nSPS) is 25.2. The number of nitrogens with one attached hydrogen (secondary N) is 1. The molecule has 82 valence electrons. The molecule has 1 aliphatic rings. The van der Waals surface area contributed by atoms with Gasteiger partial charge in [0.1, 0.15) is 0 Å². The molecule has 15 heavy (non-hydrogen) atoms. The number of nitrogens with two attached hydrogens (primary N) is 1. The summed E-state index contributed by atoms with van der Waals surface area (Å²) in [7, 11) is -3.88. The van der Waals surface area contributed by atoms with Crippen molar-refractivity contribution in [2.45, 2.75) is 23.5 Å². The molecule has 1 aromatic rings. The SMILES string of the molecule is NC1CC1NS(=O)(=O)c1ncccc1F. The van der Waals surface area contributed by atoms with Crippen molar-refractivity contribution < 1.29 is 12.8 Å². The number of hydrogen-bond acceptors (Lipinski definition) is 4. The topological polar surface area (TPSA) is 85.1 Å². The maximum atomic E-state index is 13.1. The molecule has 3 N–H and O–H groups in total. The highest BCUT2D eigenvalue weighted by Gasteiger charge is 2.38. The maximum Gasteiger partial charge on any atom is 0.261 e. The van der Waals surface area contributed by atoms with Gasteiger partial charge in [-0.05, 0) is 18.6 Å². The van der Waals surface area contributed by atoms with Crippen molar-refractivity contribution in [1.29, 1.82) is 0 Å². The zero-order valence-electron chi connectivity index (χ0n) is 7.72. The van der Waals surface area contributed by atoms with Crippen LogP contribution >= 0.6 is 0 Å². The number of aromatic nitrogens is 1. The van der Waals surface area contributed by atoms with Gasteiger partial charge in [0, 0.05) is 18.3 Å². The molecule has 0 saturated heterocycles. The van der Waals surface area contributed by atoms with Gasteiger partial charge in [-0.15, -0.1) is 0 Å². The van der Waals surface area contributed by atoms with Crippen LogP contribution in [0.1, 0.15) is 6.42 Å². The molecule has 0 radical (unpaired) electrons. The van der Waals surface area contributed by atoms with Crippen LogP contribution in [0.25, 0.3) is 0 Å². The predicted molar refractivity (Wildman–Crippen MR) is 50.9 cm³/mol. The Hall–Kier alpha value is -1.05. The fourth-order valence-corrected chi connectivity index (χ4v) is 2.48. The Morgan fingerprint density at radius 2 is 2.27 bits per heavy atom. The quantitative estimate of drug-likeness (QED) is 0.741. The number of sulfonamides is 1. The van der Waals surface area contributed by atoms with Crippen LogP contribution in [0.4, 0.5) is 4.39 Å². The molecule has 0 aliphatic heterocycles. The summed E-state index contributed by atoms with van der Waals surface area (Å²) in [6.07, 6.45) is 1.80. The monoisotopic (exact) mass is 231 g/mol. The van der Waals surface area contributed by atoms with Crippen LogP contribution in [-0.2, 0) is 10.0 Å². The molecule has 1 aliphatic carbocycles. The first-order valence-electron chi connectivity index (χ1n) is 4.39. The van der Waals surface area contributed by atoms with E-state index in [0.29, 0.717) is 6.42 Å². The largest absolute Gasteiger partial charge is 0.326 e. The summed E-state index contributed by atoms with van der Waals surface area (Å²) in [5, 5.41) is -0.580. The van der Waals surface area contributed by atoms with E-state index in [4.69, 9.17) is 5.73 Å². The molecule has 5 nitrogen and oxygen atoms in total.